The van der Waals surface area contributed by atoms with Gasteiger partial charge in [0.2, 0.25) is 5.91 Å². The molecular weight excluding hydrogens is 456 g/mol. The summed E-state index contributed by atoms with van der Waals surface area (Å²) in [6.45, 7) is 0. The molecule has 2 heterocycles. The van der Waals surface area contributed by atoms with Crippen LogP contribution in [0.25, 0.3) is 0 Å². The summed E-state index contributed by atoms with van der Waals surface area (Å²) in [4.78, 5) is 30.0. The first kappa shape index (κ1) is 23.1. The summed E-state index contributed by atoms with van der Waals surface area (Å²) in [5.74, 6) is 0.692. The van der Waals surface area contributed by atoms with E-state index in [9.17, 15) is 9.59 Å². The molecule has 0 saturated carbocycles. The Morgan fingerprint density at radius 2 is 1.88 bits per heavy atom. The number of ketones is 1. The average molecular weight is 480 g/mol. The number of nitrogens with one attached hydrogen (secondary N) is 1. The van der Waals surface area contributed by atoms with E-state index in [1.165, 1.54) is 0 Å². The Morgan fingerprint density at radius 1 is 1.09 bits per heavy atom. The molecule has 1 aromatic heterocycles. The highest BCUT2D eigenvalue weighted by molar-refractivity contribution is 7.10. The summed E-state index contributed by atoms with van der Waals surface area (Å²) < 4.78 is 5.69. The Morgan fingerprint density at radius 3 is 2.67 bits per heavy atom. The lowest BCUT2D eigenvalue weighted by Gasteiger charge is -2.34. The van der Waals surface area contributed by atoms with E-state index in [4.69, 9.17) is 4.74 Å². The monoisotopic (exact) mass is 479 g/mol. The fourth-order valence-corrected chi connectivity index (χ4v) is 5.34. The predicted molar refractivity (Wildman–Crippen MR) is 127 cm³/mol. The summed E-state index contributed by atoms with van der Waals surface area (Å²) in [5, 5.41) is 5.48. The van der Waals surface area contributed by atoms with Crippen LogP contribution in [0.1, 0.15) is 35.7 Å². The molecule has 1 amide bonds. The molecular formula is C26H24ClN2O3S-. The molecule has 1 atom stereocenters. The van der Waals surface area contributed by atoms with Gasteiger partial charge in [0.1, 0.15) is 5.75 Å². The first-order valence-electron chi connectivity index (χ1n) is 10.8. The smallest absolute Gasteiger partial charge is 0.233 e. The quantitative estimate of drug-likeness (QED) is 0.624. The van der Waals surface area contributed by atoms with Gasteiger partial charge in [-0.25, -0.2) is 0 Å². The van der Waals surface area contributed by atoms with E-state index < -0.39 is 6.04 Å². The average Bonchev–Trinajstić information content (AvgIpc) is 3.26. The number of rotatable bonds is 4. The second kappa shape index (κ2) is 9.81. The number of nitrogens with zero attached hydrogens (tertiary/aromatic N) is 1. The van der Waals surface area contributed by atoms with Crippen molar-refractivity contribution in [3.05, 3.63) is 87.8 Å². The number of allylic oxidation sites excluding steroid dienone is 1. The van der Waals surface area contributed by atoms with Crippen molar-refractivity contribution in [2.24, 2.45) is 0 Å². The third kappa shape index (κ3) is 4.28. The number of carbonyl (C=O) groups excluding carboxylic acids is 2. The Labute approximate surface area is 203 Å². The van der Waals surface area contributed by atoms with E-state index in [1.54, 1.807) is 23.3 Å². The lowest BCUT2D eigenvalue weighted by molar-refractivity contribution is -0.118. The van der Waals surface area contributed by atoms with Gasteiger partial charge in [0.05, 0.1) is 30.9 Å². The molecule has 1 aliphatic heterocycles. The van der Waals surface area contributed by atoms with Crippen molar-refractivity contribution in [3.8, 4) is 5.75 Å². The second-order valence-electron chi connectivity index (χ2n) is 7.98. The molecule has 0 fully saturated rings. The molecule has 0 spiro atoms. The standard InChI is InChI=1S/C26H24N2O3S.ClH/c1-31-23-14-5-2-9-18(23)26-25-20(11-6-13-22(25)29)27-19-10-3-4-12-21(19)28(26)24(30)16-17-8-7-15-32-17;/h2-5,7-10,12,14-15,26-27H,6,11,13,16H2,1H3;1H/p-1. The zero-order valence-corrected chi connectivity index (χ0v) is 19.8. The Balaban J connectivity index is 0.00000259. The van der Waals surface area contributed by atoms with Crippen molar-refractivity contribution < 1.29 is 26.7 Å². The van der Waals surface area contributed by atoms with Gasteiger partial charge in [0, 0.05) is 28.1 Å². The van der Waals surface area contributed by atoms with Crippen LogP contribution < -0.4 is 27.4 Å². The van der Waals surface area contributed by atoms with Crippen molar-refractivity contribution in [1.82, 2.24) is 0 Å². The lowest BCUT2D eigenvalue weighted by Crippen LogP contribution is -3.00. The molecule has 5 nitrogen and oxygen atoms in total. The topological polar surface area (TPSA) is 58.6 Å². The van der Waals surface area contributed by atoms with Gasteiger partial charge in [-0.3, -0.25) is 14.5 Å². The molecule has 33 heavy (non-hydrogen) atoms. The van der Waals surface area contributed by atoms with E-state index in [0.29, 0.717) is 17.7 Å². The van der Waals surface area contributed by atoms with E-state index in [-0.39, 0.29) is 30.5 Å². The van der Waals surface area contributed by atoms with Gasteiger partial charge in [-0.1, -0.05) is 36.4 Å². The molecule has 0 saturated heterocycles. The number of hydrogen-bond donors (Lipinski definition) is 1. The molecule has 1 unspecified atom stereocenters. The van der Waals surface area contributed by atoms with Gasteiger partial charge >= 0.3 is 0 Å². The van der Waals surface area contributed by atoms with Gasteiger partial charge in [-0.15, -0.1) is 11.3 Å². The van der Waals surface area contributed by atoms with E-state index >= 15 is 0 Å². The Bertz CT molecular complexity index is 1210. The first-order chi connectivity index (χ1) is 15.7. The number of benzene rings is 2. The summed E-state index contributed by atoms with van der Waals surface area (Å²) in [5.41, 5.74) is 3.99. The van der Waals surface area contributed by atoms with Crippen LogP contribution in [0.5, 0.6) is 5.75 Å². The van der Waals surface area contributed by atoms with Crippen molar-refractivity contribution >= 4 is 34.4 Å². The highest BCUT2D eigenvalue weighted by Crippen LogP contribution is 2.46. The third-order valence-corrected chi connectivity index (χ3v) is 6.92. The minimum absolute atomic E-state index is 0. The van der Waals surface area contributed by atoms with E-state index in [2.05, 4.69) is 5.32 Å². The van der Waals surface area contributed by atoms with Gasteiger partial charge < -0.3 is 22.5 Å². The van der Waals surface area contributed by atoms with E-state index in [1.807, 2.05) is 66.0 Å². The number of para-hydroxylation sites is 3. The zero-order valence-electron chi connectivity index (χ0n) is 18.2. The maximum Gasteiger partial charge on any atom is 0.233 e. The number of Topliss-reactive ketones (excluding diaryl/α,β-unsaturated/α-hetero) is 1. The van der Waals surface area contributed by atoms with Crippen molar-refractivity contribution in [2.75, 3.05) is 17.3 Å². The molecule has 1 N–H and O–H groups in total. The second-order valence-corrected chi connectivity index (χ2v) is 9.01. The number of methoxy groups -OCH3 is 1. The highest BCUT2D eigenvalue weighted by Gasteiger charge is 2.40. The van der Waals surface area contributed by atoms with Crippen LogP contribution in [0, 0.1) is 0 Å². The molecule has 1 aliphatic carbocycles. The summed E-state index contributed by atoms with van der Waals surface area (Å²) >= 11 is 1.56. The molecule has 3 aromatic rings. The Kier molecular flexibility index (Phi) is 6.86. The highest BCUT2D eigenvalue weighted by atomic mass is 35.5. The van der Waals surface area contributed by atoms with Crippen molar-refractivity contribution in [2.45, 2.75) is 31.7 Å². The number of ether oxygens (including phenoxy) is 1. The van der Waals surface area contributed by atoms with E-state index in [0.717, 1.165) is 40.4 Å². The SMILES string of the molecule is COc1ccccc1C1C2=C(CCCC2=O)Nc2ccccc2N1C(=O)Cc1cccs1.[Cl-]. The largest absolute Gasteiger partial charge is 1.00 e. The minimum atomic E-state index is -0.558. The molecule has 170 valence electrons. The number of anilines is 2. The maximum absolute atomic E-state index is 13.9. The predicted octanol–water partition coefficient (Wildman–Crippen LogP) is 2.51. The molecule has 2 aliphatic rings. The van der Waals surface area contributed by atoms with Crippen LogP contribution in [0.15, 0.2) is 77.3 Å². The first-order valence-corrected chi connectivity index (χ1v) is 11.6. The van der Waals surface area contributed by atoms with Gasteiger partial charge in [-0.2, -0.15) is 0 Å². The number of fused-ring (bicyclic) bond motifs is 1. The summed E-state index contributed by atoms with van der Waals surface area (Å²) in [6.07, 6.45) is 2.33. The van der Waals surface area contributed by atoms with Gasteiger partial charge in [0.15, 0.2) is 5.78 Å². The van der Waals surface area contributed by atoms with Crippen LogP contribution >= 0.6 is 11.3 Å². The van der Waals surface area contributed by atoms with Crippen LogP contribution in [0.3, 0.4) is 0 Å². The van der Waals surface area contributed by atoms with Crippen LogP contribution in [0.2, 0.25) is 0 Å². The van der Waals surface area contributed by atoms with Crippen molar-refractivity contribution in [3.63, 3.8) is 0 Å². The Hall–Kier alpha value is -3.09. The van der Waals surface area contributed by atoms with Crippen LogP contribution in [-0.4, -0.2) is 18.8 Å². The molecule has 7 heteroatoms. The lowest BCUT2D eigenvalue weighted by atomic mass is 9.85. The maximum atomic E-state index is 13.9. The van der Waals surface area contributed by atoms with Gasteiger partial charge in [0.25, 0.3) is 0 Å². The fourth-order valence-electron chi connectivity index (χ4n) is 4.64. The molecule has 0 bridgehead atoms. The number of thiophene rings is 1. The molecule has 0 radical (unpaired) electrons. The third-order valence-electron chi connectivity index (χ3n) is 6.04. The summed E-state index contributed by atoms with van der Waals surface area (Å²) in [6, 6.07) is 18.8. The molecule has 2 aromatic carbocycles. The zero-order chi connectivity index (χ0) is 22.1. The fraction of sp³-hybridized carbons (Fsp3) is 0.231. The van der Waals surface area contributed by atoms with Gasteiger partial charge in [-0.05, 0) is 42.5 Å². The number of halogens is 1. The number of amides is 1. The normalized spacial score (nSPS) is 17.3. The number of carbonyl (C=O) groups is 2. The summed E-state index contributed by atoms with van der Waals surface area (Å²) in [7, 11) is 1.62. The number of hydrogen-bond acceptors (Lipinski definition) is 5. The van der Waals surface area contributed by atoms with Crippen LogP contribution in [0.4, 0.5) is 11.4 Å². The molecule has 5 rings (SSSR count). The van der Waals surface area contributed by atoms with Crippen LogP contribution in [-0.2, 0) is 16.0 Å². The minimum Gasteiger partial charge on any atom is -1.00 e. The van der Waals surface area contributed by atoms with Crippen molar-refractivity contribution in [1.29, 1.82) is 0 Å².